The summed E-state index contributed by atoms with van der Waals surface area (Å²) >= 11 is 0. The number of hydrogen-bond donors (Lipinski definition) is 0. The van der Waals surface area contributed by atoms with Crippen LogP contribution in [0.5, 0.6) is 5.75 Å². The largest absolute Gasteiger partial charge is 0.485 e. The van der Waals surface area contributed by atoms with E-state index in [-0.39, 0.29) is 12.4 Å². The van der Waals surface area contributed by atoms with E-state index in [0.29, 0.717) is 0 Å². The van der Waals surface area contributed by atoms with Gasteiger partial charge in [-0.15, -0.1) is 0 Å². The number of carbonyl (C=O) groups is 1. The van der Waals surface area contributed by atoms with Crippen molar-refractivity contribution >= 4 is 5.78 Å². The zero-order valence-corrected chi connectivity index (χ0v) is 8.01. The van der Waals surface area contributed by atoms with Gasteiger partial charge in [0.05, 0.1) is 5.56 Å². The molecule has 0 saturated carbocycles. The summed E-state index contributed by atoms with van der Waals surface area (Å²) in [5.41, 5.74) is 3.49. The van der Waals surface area contributed by atoms with E-state index in [4.69, 9.17) is 4.74 Å². The minimum Gasteiger partial charge on any atom is -0.485 e. The third-order valence-corrected chi connectivity index (χ3v) is 3.13. The number of carbonyl (C=O) groups excluding carboxylic acids is 1. The highest BCUT2D eigenvalue weighted by atomic mass is 16.5. The predicted octanol–water partition coefficient (Wildman–Crippen LogP) is 2.14. The van der Waals surface area contributed by atoms with Crippen molar-refractivity contribution in [2.45, 2.75) is 25.7 Å². The van der Waals surface area contributed by atoms with Crippen molar-refractivity contribution in [2.75, 3.05) is 6.61 Å². The highest BCUT2D eigenvalue weighted by molar-refractivity contribution is 6.03. The second kappa shape index (κ2) is 2.84. The Morgan fingerprint density at radius 1 is 1.14 bits per heavy atom. The quantitative estimate of drug-likeness (QED) is 0.623. The minimum atomic E-state index is 0.166. The van der Waals surface area contributed by atoms with Gasteiger partial charge in [0.2, 0.25) is 5.78 Å². The Bertz CT molecular complexity index is 407. The summed E-state index contributed by atoms with van der Waals surface area (Å²) in [7, 11) is 0. The summed E-state index contributed by atoms with van der Waals surface area (Å²) in [5, 5.41) is 0. The van der Waals surface area contributed by atoms with Crippen LogP contribution in [0.3, 0.4) is 0 Å². The van der Waals surface area contributed by atoms with Crippen molar-refractivity contribution in [2.24, 2.45) is 0 Å². The first-order valence-electron chi connectivity index (χ1n) is 5.17. The first kappa shape index (κ1) is 8.04. The molecule has 2 heteroatoms. The summed E-state index contributed by atoms with van der Waals surface area (Å²) in [6.45, 7) is 0.242. The van der Waals surface area contributed by atoms with Gasteiger partial charge < -0.3 is 4.74 Å². The minimum absolute atomic E-state index is 0.166. The van der Waals surface area contributed by atoms with E-state index in [0.717, 1.165) is 24.2 Å². The van der Waals surface area contributed by atoms with E-state index in [2.05, 4.69) is 6.07 Å². The lowest BCUT2D eigenvalue weighted by Crippen LogP contribution is -2.08. The maximum absolute atomic E-state index is 11.6. The highest BCUT2D eigenvalue weighted by Crippen LogP contribution is 2.34. The molecule has 72 valence electrons. The van der Waals surface area contributed by atoms with Crippen LogP contribution in [0.2, 0.25) is 0 Å². The normalized spacial score (nSPS) is 18.7. The van der Waals surface area contributed by atoms with Gasteiger partial charge in [-0.05, 0) is 42.9 Å². The van der Waals surface area contributed by atoms with E-state index in [1.54, 1.807) is 0 Å². The molecule has 0 bridgehead atoms. The number of benzene rings is 1. The Morgan fingerprint density at radius 2 is 2.00 bits per heavy atom. The fraction of sp³-hybridized carbons (Fsp3) is 0.417. The second-order valence-corrected chi connectivity index (χ2v) is 4.00. The zero-order chi connectivity index (χ0) is 9.54. The van der Waals surface area contributed by atoms with Crippen molar-refractivity contribution in [3.63, 3.8) is 0 Å². The van der Waals surface area contributed by atoms with E-state index in [1.165, 1.54) is 24.0 Å². The first-order valence-corrected chi connectivity index (χ1v) is 5.17. The van der Waals surface area contributed by atoms with Crippen LogP contribution < -0.4 is 4.74 Å². The third kappa shape index (κ3) is 0.999. The van der Waals surface area contributed by atoms with Gasteiger partial charge in [-0.1, -0.05) is 6.07 Å². The van der Waals surface area contributed by atoms with Gasteiger partial charge in [-0.25, -0.2) is 0 Å². The number of hydrogen-bond acceptors (Lipinski definition) is 2. The number of aryl methyl sites for hydroxylation is 1. The molecule has 0 atom stereocenters. The van der Waals surface area contributed by atoms with Crippen molar-refractivity contribution < 1.29 is 9.53 Å². The monoisotopic (exact) mass is 188 g/mol. The zero-order valence-electron chi connectivity index (χ0n) is 8.01. The lowest BCUT2D eigenvalue weighted by atomic mass is 9.87. The molecular formula is C12H12O2. The lowest BCUT2D eigenvalue weighted by Gasteiger charge is -2.17. The van der Waals surface area contributed by atoms with Crippen LogP contribution in [0.4, 0.5) is 0 Å². The Hall–Kier alpha value is -1.31. The molecule has 0 saturated heterocycles. The van der Waals surface area contributed by atoms with E-state index in [9.17, 15) is 4.79 Å². The molecule has 3 rings (SSSR count). The molecule has 0 amide bonds. The number of fused-ring (bicyclic) bond motifs is 3. The molecule has 14 heavy (non-hydrogen) atoms. The molecule has 0 fully saturated rings. The summed E-state index contributed by atoms with van der Waals surface area (Å²) in [6, 6.07) is 4.07. The van der Waals surface area contributed by atoms with Crippen molar-refractivity contribution in [1.82, 2.24) is 0 Å². The molecule has 0 radical (unpaired) electrons. The van der Waals surface area contributed by atoms with Crippen LogP contribution in [-0.2, 0) is 12.8 Å². The molecule has 1 aliphatic carbocycles. The van der Waals surface area contributed by atoms with Gasteiger partial charge in [0.25, 0.3) is 0 Å². The Kier molecular flexibility index (Phi) is 1.63. The number of rotatable bonds is 0. The predicted molar refractivity (Wildman–Crippen MR) is 52.9 cm³/mol. The lowest BCUT2D eigenvalue weighted by molar-refractivity contribution is 0.0960. The van der Waals surface area contributed by atoms with Gasteiger partial charge in [0.1, 0.15) is 5.75 Å². The van der Waals surface area contributed by atoms with Crippen LogP contribution in [0.1, 0.15) is 34.3 Å². The number of ether oxygens (including phenoxy) is 1. The number of Topliss-reactive ketones (excluding diaryl/α,β-unsaturated/α-hetero) is 1. The van der Waals surface area contributed by atoms with E-state index < -0.39 is 0 Å². The summed E-state index contributed by atoms with van der Waals surface area (Å²) in [4.78, 5) is 11.6. The van der Waals surface area contributed by atoms with Crippen molar-refractivity contribution in [3.05, 3.63) is 28.8 Å². The van der Waals surface area contributed by atoms with Gasteiger partial charge in [0.15, 0.2) is 6.61 Å². The molecule has 2 aliphatic rings. The molecule has 1 aromatic carbocycles. The fourth-order valence-corrected chi connectivity index (χ4v) is 2.45. The van der Waals surface area contributed by atoms with Crippen LogP contribution in [-0.4, -0.2) is 12.4 Å². The third-order valence-electron chi connectivity index (χ3n) is 3.13. The van der Waals surface area contributed by atoms with Crippen molar-refractivity contribution in [3.8, 4) is 5.75 Å². The topological polar surface area (TPSA) is 26.3 Å². The second-order valence-electron chi connectivity index (χ2n) is 4.00. The van der Waals surface area contributed by atoms with Crippen LogP contribution in [0, 0.1) is 0 Å². The SMILES string of the molecule is O=C1COc2ccc3c(c21)CCCC3. The van der Waals surface area contributed by atoms with Gasteiger partial charge in [-0.2, -0.15) is 0 Å². The van der Waals surface area contributed by atoms with Gasteiger partial charge in [-0.3, -0.25) is 4.79 Å². The average molecular weight is 188 g/mol. The molecule has 0 aromatic heterocycles. The van der Waals surface area contributed by atoms with Crippen molar-refractivity contribution in [1.29, 1.82) is 0 Å². The number of ketones is 1. The van der Waals surface area contributed by atoms with Gasteiger partial charge >= 0.3 is 0 Å². The smallest absolute Gasteiger partial charge is 0.204 e. The maximum atomic E-state index is 11.6. The van der Waals surface area contributed by atoms with Crippen LogP contribution in [0.15, 0.2) is 12.1 Å². The van der Waals surface area contributed by atoms with Gasteiger partial charge in [0, 0.05) is 0 Å². The standard InChI is InChI=1S/C12H12O2/c13-10-7-14-11-6-5-8-3-1-2-4-9(8)12(10)11/h5-6H,1-4,7H2. The molecule has 0 N–H and O–H groups in total. The molecule has 0 unspecified atom stereocenters. The summed E-state index contributed by atoms with van der Waals surface area (Å²) in [6.07, 6.45) is 4.63. The summed E-state index contributed by atoms with van der Waals surface area (Å²) < 4.78 is 5.33. The molecular weight excluding hydrogens is 176 g/mol. The Balaban J connectivity index is 2.23. The van der Waals surface area contributed by atoms with Crippen LogP contribution >= 0.6 is 0 Å². The average Bonchev–Trinajstić information content (AvgIpc) is 2.61. The van der Waals surface area contributed by atoms with Crippen LogP contribution in [0.25, 0.3) is 0 Å². The fourth-order valence-electron chi connectivity index (χ4n) is 2.45. The summed E-state index contributed by atoms with van der Waals surface area (Å²) in [5.74, 6) is 0.967. The molecule has 1 aliphatic heterocycles. The molecule has 1 aromatic rings. The Labute approximate surface area is 82.9 Å². The van der Waals surface area contributed by atoms with E-state index >= 15 is 0 Å². The Morgan fingerprint density at radius 3 is 2.93 bits per heavy atom. The highest BCUT2D eigenvalue weighted by Gasteiger charge is 2.27. The van der Waals surface area contributed by atoms with E-state index in [1.807, 2.05) is 6.07 Å². The maximum Gasteiger partial charge on any atom is 0.204 e. The molecule has 1 heterocycles. The first-order chi connectivity index (χ1) is 6.86. The molecule has 2 nitrogen and oxygen atoms in total. The molecule has 0 spiro atoms.